The monoisotopic (exact) mass is 456 g/mol. The van der Waals surface area contributed by atoms with E-state index in [1.54, 1.807) is 6.07 Å². The Hall–Kier alpha value is -2.71. The van der Waals surface area contributed by atoms with Crippen molar-refractivity contribution >= 4 is 27.0 Å². The fourth-order valence-corrected chi connectivity index (χ4v) is 4.46. The van der Waals surface area contributed by atoms with Gasteiger partial charge in [0.25, 0.3) is 0 Å². The van der Waals surface area contributed by atoms with E-state index in [1.165, 1.54) is 12.1 Å². The highest BCUT2D eigenvalue weighted by atomic mass is 32.2. The van der Waals surface area contributed by atoms with E-state index in [0.717, 1.165) is 36.3 Å². The first-order valence-electron chi connectivity index (χ1n) is 11.0. The molecule has 3 aromatic rings. The minimum atomic E-state index is -3.80. The van der Waals surface area contributed by atoms with Crippen LogP contribution in [0.5, 0.6) is 0 Å². The minimum Gasteiger partial charge on any atom is -0.349 e. The summed E-state index contributed by atoms with van der Waals surface area (Å²) in [6.07, 6.45) is 2.53. The summed E-state index contributed by atoms with van der Waals surface area (Å²) in [7, 11) is -3.80. The molecule has 0 aliphatic heterocycles. The average Bonchev–Trinajstić information content (AvgIpc) is 3.08. The van der Waals surface area contributed by atoms with Crippen molar-refractivity contribution in [2.24, 2.45) is 11.1 Å². The molecule has 8 heteroatoms. The van der Waals surface area contributed by atoms with Crippen molar-refractivity contribution in [3.05, 3.63) is 59.9 Å². The maximum atomic E-state index is 12.8. The Morgan fingerprint density at radius 1 is 1.16 bits per heavy atom. The third-order valence-electron chi connectivity index (χ3n) is 5.39. The Morgan fingerprint density at radius 2 is 1.88 bits per heavy atom. The molecule has 1 amide bonds. The molecule has 0 saturated heterocycles. The van der Waals surface area contributed by atoms with Gasteiger partial charge in [-0.2, -0.15) is 0 Å². The van der Waals surface area contributed by atoms with Gasteiger partial charge in [0.15, 0.2) is 0 Å². The summed E-state index contributed by atoms with van der Waals surface area (Å²) in [5.41, 5.74) is 2.52. The Morgan fingerprint density at radius 3 is 2.50 bits per heavy atom. The number of imidazole rings is 1. The molecule has 1 unspecified atom stereocenters. The zero-order valence-corrected chi connectivity index (χ0v) is 19.7. The lowest BCUT2D eigenvalue weighted by Crippen LogP contribution is -2.29. The second-order valence-electron chi connectivity index (χ2n) is 8.54. The third-order valence-corrected chi connectivity index (χ3v) is 6.31. The summed E-state index contributed by atoms with van der Waals surface area (Å²) in [5.74, 6) is 1.19. The standard InChI is InChI=1S/C24H32N4O3S/c1-4-14-28-22-11-10-19(32(25,30)31)16-21(22)26-23(28)12-13-24(29)27-20(15-17(2)3)18-8-6-5-7-9-18/h5-11,16-17,20H,4,12-15H2,1-3H3,(H,27,29)(H2,25,30,31). The van der Waals surface area contributed by atoms with Gasteiger partial charge in [-0.25, -0.2) is 18.5 Å². The number of carbonyl (C=O) groups is 1. The van der Waals surface area contributed by atoms with Crippen LogP contribution in [0.3, 0.4) is 0 Å². The maximum absolute atomic E-state index is 12.8. The molecule has 1 atom stereocenters. The lowest BCUT2D eigenvalue weighted by molar-refractivity contribution is -0.121. The molecular formula is C24H32N4O3S. The van der Waals surface area contributed by atoms with Crippen molar-refractivity contribution in [3.63, 3.8) is 0 Å². The van der Waals surface area contributed by atoms with Crippen LogP contribution in [0.25, 0.3) is 11.0 Å². The number of sulfonamides is 1. The van der Waals surface area contributed by atoms with Crippen molar-refractivity contribution in [1.29, 1.82) is 0 Å². The number of aromatic nitrogens is 2. The van der Waals surface area contributed by atoms with Crippen molar-refractivity contribution < 1.29 is 13.2 Å². The largest absolute Gasteiger partial charge is 0.349 e. The van der Waals surface area contributed by atoms with Gasteiger partial charge in [0, 0.05) is 19.4 Å². The Labute approximate surface area is 190 Å². The van der Waals surface area contributed by atoms with E-state index in [-0.39, 0.29) is 16.8 Å². The van der Waals surface area contributed by atoms with Gasteiger partial charge in [0.2, 0.25) is 15.9 Å². The number of benzene rings is 2. The number of nitrogens with zero attached hydrogens (tertiary/aromatic N) is 2. The number of aryl methyl sites for hydroxylation is 2. The van der Waals surface area contributed by atoms with Crippen LogP contribution >= 0.6 is 0 Å². The average molecular weight is 457 g/mol. The number of amides is 1. The van der Waals surface area contributed by atoms with E-state index in [0.29, 0.717) is 24.3 Å². The molecule has 32 heavy (non-hydrogen) atoms. The maximum Gasteiger partial charge on any atom is 0.238 e. The van der Waals surface area contributed by atoms with Crippen LogP contribution in [-0.4, -0.2) is 23.9 Å². The number of rotatable bonds is 10. The predicted octanol–water partition coefficient (Wildman–Crippen LogP) is 3.93. The van der Waals surface area contributed by atoms with Gasteiger partial charge in [0.1, 0.15) is 5.82 Å². The van der Waals surface area contributed by atoms with E-state index in [2.05, 4.69) is 35.6 Å². The number of primary sulfonamides is 1. The molecular weight excluding hydrogens is 424 g/mol. The normalized spacial score (nSPS) is 12.9. The molecule has 0 fully saturated rings. The fourth-order valence-electron chi connectivity index (χ4n) is 3.93. The summed E-state index contributed by atoms with van der Waals surface area (Å²) in [6.45, 7) is 7.09. The van der Waals surface area contributed by atoms with E-state index in [1.807, 2.05) is 30.3 Å². The molecule has 0 radical (unpaired) electrons. The topological polar surface area (TPSA) is 107 Å². The van der Waals surface area contributed by atoms with Crippen LogP contribution in [0.4, 0.5) is 0 Å². The highest BCUT2D eigenvalue weighted by molar-refractivity contribution is 7.89. The molecule has 0 aliphatic carbocycles. The van der Waals surface area contributed by atoms with Crippen molar-refractivity contribution in [1.82, 2.24) is 14.9 Å². The summed E-state index contributed by atoms with van der Waals surface area (Å²) >= 11 is 0. The Kier molecular flexibility index (Phi) is 7.69. The molecule has 0 bridgehead atoms. The number of hydrogen-bond donors (Lipinski definition) is 2. The molecule has 1 aromatic heterocycles. The second kappa shape index (κ2) is 10.3. The Bertz CT molecular complexity index is 1170. The number of fused-ring (bicyclic) bond motifs is 1. The number of hydrogen-bond acceptors (Lipinski definition) is 4. The van der Waals surface area contributed by atoms with Crippen molar-refractivity contribution in [3.8, 4) is 0 Å². The second-order valence-corrected chi connectivity index (χ2v) is 10.1. The quantitative estimate of drug-likeness (QED) is 0.482. The summed E-state index contributed by atoms with van der Waals surface area (Å²) < 4.78 is 25.4. The Balaban J connectivity index is 1.78. The van der Waals surface area contributed by atoms with Gasteiger partial charge in [-0.05, 0) is 42.5 Å². The molecule has 2 aromatic carbocycles. The van der Waals surface area contributed by atoms with Crippen LogP contribution in [0.15, 0.2) is 53.4 Å². The van der Waals surface area contributed by atoms with Crippen LogP contribution < -0.4 is 10.5 Å². The highest BCUT2D eigenvalue weighted by Crippen LogP contribution is 2.23. The SMILES string of the molecule is CCCn1c(CCC(=O)NC(CC(C)C)c2ccccc2)nc2cc(S(N)(=O)=O)ccc21. The predicted molar refractivity (Wildman–Crippen MR) is 126 cm³/mol. The van der Waals surface area contributed by atoms with Gasteiger partial charge in [-0.1, -0.05) is 51.1 Å². The van der Waals surface area contributed by atoms with E-state index >= 15 is 0 Å². The van der Waals surface area contributed by atoms with Gasteiger partial charge in [-0.3, -0.25) is 4.79 Å². The zero-order chi connectivity index (χ0) is 23.3. The lowest BCUT2D eigenvalue weighted by Gasteiger charge is -2.21. The van der Waals surface area contributed by atoms with Crippen LogP contribution in [0.1, 0.15) is 57.5 Å². The fraction of sp³-hybridized carbons (Fsp3) is 0.417. The van der Waals surface area contributed by atoms with Crippen LogP contribution in [0, 0.1) is 5.92 Å². The van der Waals surface area contributed by atoms with Gasteiger partial charge in [-0.15, -0.1) is 0 Å². The van der Waals surface area contributed by atoms with Crippen LogP contribution in [-0.2, 0) is 27.8 Å². The van der Waals surface area contributed by atoms with E-state index < -0.39 is 10.0 Å². The molecule has 0 saturated carbocycles. The van der Waals surface area contributed by atoms with E-state index in [9.17, 15) is 13.2 Å². The first-order chi connectivity index (χ1) is 15.2. The van der Waals surface area contributed by atoms with Gasteiger partial charge in [0.05, 0.1) is 22.0 Å². The molecule has 7 nitrogen and oxygen atoms in total. The van der Waals surface area contributed by atoms with Gasteiger partial charge < -0.3 is 9.88 Å². The summed E-state index contributed by atoms with van der Waals surface area (Å²) in [6, 6.07) is 14.7. The molecule has 172 valence electrons. The van der Waals surface area contributed by atoms with Gasteiger partial charge >= 0.3 is 0 Å². The number of nitrogens with two attached hydrogens (primary N) is 1. The van der Waals surface area contributed by atoms with E-state index in [4.69, 9.17) is 5.14 Å². The summed E-state index contributed by atoms with van der Waals surface area (Å²) in [4.78, 5) is 17.5. The highest BCUT2D eigenvalue weighted by Gasteiger charge is 2.18. The minimum absolute atomic E-state index is 0.0279. The number of carbonyl (C=O) groups excluding carboxylic acids is 1. The molecule has 0 spiro atoms. The molecule has 3 rings (SSSR count). The zero-order valence-electron chi connectivity index (χ0n) is 18.9. The smallest absolute Gasteiger partial charge is 0.238 e. The molecule has 1 heterocycles. The number of nitrogens with one attached hydrogen (secondary N) is 1. The van der Waals surface area contributed by atoms with Crippen LogP contribution in [0.2, 0.25) is 0 Å². The third kappa shape index (κ3) is 5.95. The lowest BCUT2D eigenvalue weighted by atomic mass is 9.97. The first kappa shape index (κ1) is 23.9. The van der Waals surface area contributed by atoms with Crippen molar-refractivity contribution in [2.45, 2.75) is 63.9 Å². The molecule has 0 aliphatic rings. The van der Waals surface area contributed by atoms with Crippen molar-refractivity contribution in [2.75, 3.05) is 0 Å². The summed E-state index contributed by atoms with van der Waals surface area (Å²) in [5, 5.41) is 8.44. The molecule has 3 N–H and O–H groups in total. The first-order valence-corrected chi connectivity index (χ1v) is 12.6.